The molecule has 154 valence electrons. The predicted octanol–water partition coefficient (Wildman–Crippen LogP) is 5.04. The maximum absolute atomic E-state index is 13.2. The van der Waals surface area contributed by atoms with Gasteiger partial charge in [-0.15, -0.1) is 0 Å². The highest BCUT2D eigenvalue weighted by atomic mass is 35.5. The Morgan fingerprint density at radius 2 is 1.87 bits per heavy atom. The lowest BCUT2D eigenvalue weighted by molar-refractivity contribution is 0.0526. The fourth-order valence-corrected chi connectivity index (χ4v) is 3.77. The molecule has 7 heteroatoms. The maximum atomic E-state index is 13.2. The number of hydrogen-bond acceptors (Lipinski definition) is 5. The van der Waals surface area contributed by atoms with Crippen LogP contribution in [-0.4, -0.2) is 41.5 Å². The third kappa shape index (κ3) is 4.09. The number of ether oxygens (including phenoxy) is 1. The molecule has 0 unspecified atom stereocenters. The molecule has 0 radical (unpaired) electrons. The van der Waals surface area contributed by atoms with Crippen LogP contribution in [-0.2, 0) is 4.74 Å². The molecule has 0 spiro atoms. The minimum Gasteiger partial charge on any atom is -0.462 e. The number of anilines is 2. The zero-order valence-corrected chi connectivity index (χ0v) is 17.4. The quantitative estimate of drug-likeness (QED) is 0.582. The van der Waals surface area contributed by atoms with E-state index in [-0.39, 0.29) is 11.9 Å². The van der Waals surface area contributed by atoms with E-state index in [4.69, 9.17) is 16.3 Å². The third-order valence-corrected chi connectivity index (χ3v) is 5.35. The van der Waals surface area contributed by atoms with Crippen molar-refractivity contribution >= 4 is 45.8 Å². The standard InChI is InChI=1S/C23H22ClN3O3/c1-2-30-23(29)15-5-8-17(9-6-15)26-21-18-13-16(24)7-10-20(18)25-14-19(21)22(28)27-11-3-4-12-27/h5-10,13-14H,2-4,11-12H2,1H3,(H,25,26). The monoisotopic (exact) mass is 423 g/mol. The van der Waals surface area contributed by atoms with Gasteiger partial charge in [0.1, 0.15) is 0 Å². The van der Waals surface area contributed by atoms with Gasteiger partial charge < -0.3 is 15.0 Å². The van der Waals surface area contributed by atoms with Gasteiger partial charge in [-0.05, 0) is 62.2 Å². The molecular weight excluding hydrogens is 402 g/mol. The van der Waals surface area contributed by atoms with Crippen LogP contribution in [0.1, 0.15) is 40.5 Å². The highest BCUT2D eigenvalue weighted by Crippen LogP contribution is 2.32. The topological polar surface area (TPSA) is 71.5 Å². The Morgan fingerprint density at radius 3 is 2.57 bits per heavy atom. The number of likely N-dealkylation sites (tertiary alicyclic amines) is 1. The Hall–Kier alpha value is -3.12. The molecule has 0 atom stereocenters. The molecule has 6 nitrogen and oxygen atoms in total. The largest absolute Gasteiger partial charge is 0.462 e. The summed E-state index contributed by atoms with van der Waals surface area (Å²) in [7, 11) is 0. The Labute approximate surface area is 179 Å². The molecule has 0 aliphatic carbocycles. The number of halogens is 1. The zero-order valence-electron chi connectivity index (χ0n) is 16.7. The van der Waals surface area contributed by atoms with Crippen molar-refractivity contribution in [1.29, 1.82) is 0 Å². The van der Waals surface area contributed by atoms with Crippen LogP contribution < -0.4 is 5.32 Å². The van der Waals surface area contributed by atoms with E-state index in [9.17, 15) is 9.59 Å². The second kappa shape index (κ2) is 8.71. The molecule has 2 aromatic carbocycles. The molecule has 1 saturated heterocycles. The van der Waals surface area contributed by atoms with Crippen molar-refractivity contribution < 1.29 is 14.3 Å². The van der Waals surface area contributed by atoms with Gasteiger partial charge in [0.15, 0.2) is 0 Å². The number of fused-ring (bicyclic) bond motifs is 1. The first kappa shape index (κ1) is 20.2. The van der Waals surface area contributed by atoms with Gasteiger partial charge in [0.25, 0.3) is 5.91 Å². The smallest absolute Gasteiger partial charge is 0.338 e. The van der Waals surface area contributed by atoms with Gasteiger partial charge in [-0.3, -0.25) is 9.78 Å². The number of aromatic nitrogens is 1. The molecule has 0 bridgehead atoms. The van der Waals surface area contributed by atoms with Crippen molar-refractivity contribution in [1.82, 2.24) is 9.88 Å². The predicted molar refractivity (Wildman–Crippen MR) is 118 cm³/mol. The molecule has 4 rings (SSSR count). The fourth-order valence-electron chi connectivity index (χ4n) is 3.60. The van der Waals surface area contributed by atoms with Crippen LogP contribution in [0.2, 0.25) is 5.02 Å². The van der Waals surface area contributed by atoms with Crippen LogP contribution in [0.25, 0.3) is 10.9 Å². The van der Waals surface area contributed by atoms with Gasteiger partial charge in [-0.1, -0.05) is 11.6 Å². The van der Waals surface area contributed by atoms with Gasteiger partial charge in [-0.25, -0.2) is 4.79 Å². The number of benzene rings is 2. The van der Waals surface area contributed by atoms with Gasteiger partial charge in [0.05, 0.1) is 28.9 Å². The number of hydrogen-bond donors (Lipinski definition) is 1. The first-order valence-corrected chi connectivity index (χ1v) is 10.4. The Kier molecular flexibility index (Phi) is 5.86. The van der Waals surface area contributed by atoms with E-state index in [1.807, 2.05) is 11.0 Å². The van der Waals surface area contributed by atoms with Gasteiger partial charge >= 0.3 is 5.97 Å². The Morgan fingerprint density at radius 1 is 1.13 bits per heavy atom. The van der Waals surface area contributed by atoms with Crippen LogP contribution in [0.5, 0.6) is 0 Å². The normalized spacial score (nSPS) is 13.5. The molecule has 1 aliphatic heterocycles. The van der Waals surface area contributed by atoms with E-state index in [1.54, 1.807) is 49.5 Å². The van der Waals surface area contributed by atoms with Crippen LogP contribution in [0.4, 0.5) is 11.4 Å². The molecule has 2 heterocycles. The summed E-state index contributed by atoms with van der Waals surface area (Å²) >= 11 is 6.24. The fraction of sp³-hybridized carbons (Fsp3) is 0.261. The number of carbonyl (C=O) groups excluding carboxylic acids is 2. The van der Waals surface area contributed by atoms with Crippen LogP contribution in [0, 0.1) is 0 Å². The molecule has 0 saturated carbocycles. The molecule has 30 heavy (non-hydrogen) atoms. The summed E-state index contributed by atoms with van der Waals surface area (Å²) in [5.41, 5.74) is 3.11. The van der Waals surface area contributed by atoms with E-state index in [2.05, 4.69) is 10.3 Å². The average Bonchev–Trinajstić information content (AvgIpc) is 3.29. The van der Waals surface area contributed by atoms with E-state index < -0.39 is 0 Å². The van der Waals surface area contributed by atoms with Crippen molar-refractivity contribution in [2.24, 2.45) is 0 Å². The number of carbonyl (C=O) groups is 2. The average molecular weight is 424 g/mol. The third-order valence-electron chi connectivity index (χ3n) is 5.12. The molecule has 1 N–H and O–H groups in total. The van der Waals surface area contributed by atoms with E-state index in [0.717, 1.165) is 42.5 Å². The number of nitrogens with zero attached hydrogens (tertiary/aromatic N) is 2. The molecule has 1 aromatic heterocycles. The van der Waals surface area contributed by atoms with Crippen molar-refractivity contribution in [2.45, 2.75) is 19.8 Å². The van der Waals surface area contributed by atoms with Gasteiger partial charge in [0.2, 0.25) is 0 Å². The molecule has 1 aliphatic rings. The highest BCUT2D eigenvalue weighted by molar-refractivity contribution is 6.31. The minimum atomic E-state index is -0.366. The summed E-state index contributed by atoms with van der Waals surface area (Å²) in [6, 6.07) is 12.4. The van der Waals surface area contributed by atoms with Crippen molar-refractivity contribution in [3.8, 4) is 0 Å². The van der Waals surface area contributed by atoms with Gasteiger partial charge in [-0.2, -0.15) is 0 Å². The molecule has 1 fully saturated rings. The minimum absolute atomic E-state index is 0.0486. The highest BCUT2D eigenvalue weighted by Gasteiger charge is 2.24. The summed E-state index contributed by atoms with van der Waals surface area (Å²) in [4.78, 5) is 31.4. The summed E-state index contributed by atoms with van der Waals surface area (Å²) in [5, 5.41) is 4.68. The number of amides is 1. The van der Waals surface area contributed by atoms with Crippen LogP contribution in [0.3, 0.4) is 0 Å². The van der Waals surface area contributed by atoms with E-state index in [0.29, 0.717) is 28.4 Å². The second-order valence-electron chi connectivity index (χ2n) is 7.13. The number of nitrogens with one attached hydrogen (secondary N) is 1. The second-order valence-corrected chi connectivity index (χ2v) is 7.57. The summed E-state index contributed by atoms with van der Waals surface area (Å²) in [6.07, 6.45) is 3.64. The lowest BCUT2D eigenvalue weighted by Crippen LogP contribution is -2.28. The van der Waals surface area contributed by atoms with E-state index in [1.165, 1.54) is 0 Å². The first-order valence-electron chi connectivity index (χ1n) is 9.98. The van der Waals surface area contributed by atoms with Gasteiger partial charge in [0, 0.05) is 35.4 Å². The summed E-state index contributed by atoms with van der Waals surface area (Å²) < 4.78 is 5.03. The van der Waals surface area contributed by atoms with Crippen molar-refractivity contribution in [3.05, 3.63) is 64.8 Å². The van der Waals surface area contributed by atoms with Crippen LogP contribution >= 0.6 is 11.6 Å². The Balaban J connectivity index is 1.73. The lowest BCUT2D eigenvalue weighted by atomic mass is 10.1. The number of rotatable bonds is 5. The zero-order chi connectivity index (χ0) is 21.1. The summed E-state index contributed by atoms with van der Waals surface area (Å²) in [5.74, 6) is -0.414. The first-order chi connectivity index (χ1) is 14.6. The maximum Gasteiger partial charge on any atom is 0.338 e. The SMILES string of the molecule is CCOC(=O)c1ccc(Nc2c(C(=O)N3CCCC3)cnc3ccc(Cl)cc23)cc1. The Bertz CT molecular complexity index is 1090. The molecular formula is C23H22ClN3O3. The number of esters is 1. The number of pyridine rings is 1. The van der Waals surface area contributed by atoms with Crippen molar-refractivity contribution in [2.75, 3.05) is 25.0 Å². The lowest BCUT2D eigenvalue weighted by Gasteiger charge is -2.19. The molecule has 1 amide bonds. The molecule has 3 aromatic rings. The summed E-state index contributed by atoms with van der Waals surface area (Å²) in [6.45, 7) is 3.59. The van der Waals surface area contributed by atoms with E-state index >= 15 is 0 Å². The van der Waals surface area contributed by atoms with Crippen molar-refractivity contribution in [3.63, 3.8) is 0 Å². The van der Waals surface area contributed by atoms with Crippen LogP contribution in [0.15, 0.2) is 48.7 Å².